The molecule has 0 aliphatic carbocycles. The van der Waals surface area contributed by atoms with Gasteiger partial charge in [0.05, 0.1) is 11.4 Å². The van der Waals surface area contributed by atoms with Crippen molar-refractivity contribution in [2.45, 2.75) is 25.8 Å². The molecule has 1 aromatic heterocycles. The largest absolute Gasteiger partial charge is 0.492 e. The van der Waals surface area contributed by atoms with E-state index in [0.29, 0.717) is 10.7 Å². The maximum Gasteiger partial charge on any atom is 0.293 e. The van der Waals surface area contributed by atoms with Gasteiger partial charge < -0.3 is 14.2 Å². The van der Waals surface area contributed by atoms with Gasteiger partial charge in [0.25, 0.3) is 11.1 Å². The highest BCUT2D eigenvalue weighted by Gasteiger charge is 2.35. The maximum atomic E-state index is 13.0. The van der Waals surface area contributed by atoms with Crippen molar-refractivity contribution in [1.82, 2.24) is 14.4 Å². The minimum absolute atomic E-state index is 0.0866. The Balaban J connectivity index is 1.30. The van der Waals surface area contributed by atoms with E-state index in [0.717, 1.165) is 65.5 Å². The Labute approximate surface area is 212 Å². The molecule has 3 heterocycles. The van der Waals surface area contributed by atoms with Crippen LogP contribution >= 0.6 is 11.8 Å². The van der Waals surface area contributed by atoms with Crippen molar-refractivity contribution in [3.8, 4) is 5.75 Å². The van der Waals surface area contributed by atoms with Crippen LogP contribution in [0.3, 0.4) is 0 Å². The number of benzene rings is 2. The van der Waals surface area contributed by atoms with E-state index >= 15 is 0 Å². The third-order valence-electron chi connectivity index (χ3n) is 6.39. The van der Waals surface area contributed by atoms with Crippen molar-refractivity contribution in [3.63, 3.8) is 0 Å². The Morgan fingerprint density at radius 1 is 1.03 bits per heavy atom. The van der Waals surface area contributed by atoms with Gasteiger partial charge in [-0.15, -0.1) is 0 Å². The highest BCUT2D eigenvalue weighted by Crippen LogP contribution is 2.34. The maximum absolute atomic E-state index is 13.0. The predicted octanol–water partition coefficient (Wildman–Crippen LogP) is 4.91. The number of nitrogens with zero attached hydrogens (tertiary/aromatic N) is 3. The minimum Gasteiger partial charge on any atom is -0.492 e. The molecule has 2 saturated heterocycles. The Hall–Kier alpha value is -3.59. The van der Waals surface area contributed by atoms with E-state index < -0.39 is 0 Å². The molecule has 36 heavy (non-hydrogen) atoms. The number of para-hydroxylation sites is 1. The summed E-state index contributed by atoms with van der Waals surface area (Å²) in [6.45, 7) is 2.02. The first-order chi connectivity index (χ1) is 17.5. The number of ether oxygens (including phenoxy) is 1. The molecule has 7 nitrogen and oxygen atoms in total. The number of carbonyl (C=O) groups excluding carboxylic acids is 3. The van der Waals surface area contributed by atoms with Crippen LogP contribution in [0.2, 0.25) is 0 Å². The summed E-state index contributed by atoms with van der Waals surface area (Å²) in [7, 11) is 0. The Kier molecular flexibility index (Phi) is 7.09. The molecule has 9 heteroatoms. The molecule has 186 valence electrons. The smallest absolute Gasteiger partial charge is 0.293 e. The first kappa shape index (κ1) is 24.1. The zero-order valence-electron chi connectivity index (χ0n) is 19.7. The van der Waals surface area contributed by atoms with Gasteiger partial charge in [0.2, 0.25) is 5.91 Å². The van der Waals surface area contributed by atoms with E-state index in [-0.39, 0.29) is 42.6 Å². The average Bonchev–Trinajstić information content (AvgIpc) is 3.37. The van der Waals surface area contributed by atoms with Gasteiger partial charge in [-0.1, -0.05) is 18.2 Å². The van der Waals surface area contributed by atoms with Crippen molar-refractivity contribution in [2.75, 3.05) is 26.2 Å². The molecule has 0 radical (unpaired) electrons. The topological polar surface area (TPSA) is 71.9 Å². The van der Waals surface area contributed by atoms with Crippen LogP contribution in [-0.4, -0.2) is 57.7 Å². The fourth-order valence-corrected chi connectivity index (χ4v) is 5.39. The first-order valence-corrected chi connectivity index (χ1v) is 12.8. The second-order valence-electron chi connectivity index (χ2n) is 8.81. The Morgan fingerprint density at radius 3 is 2.56 bits per heavy atom. The van der Waals surface area contributed by atoms with E-state index in [1.807, 2.05) is 39.9 Å². The van der Waals surface area contributed by atoms with Crippen LogP contribution in [0.1, 0.15) is 24.8 Å². The van der Waals surface area contributed by atoms with Gasteiger partial charge in [0.1, 0.15) is 24.7 Å². The summed E-state index contributed by atoms with van der Waals surface area (Å²) in [5, 5.41) is 0.549. The highest BCUT2D eigenvalue weighted by molar-refractivity contribution is 8.18. The molecule has 0 spiro atoms. The van der Waals surface area contributed by atoms with Crippen LogP contribution in [0, 0.1) is 5.82 Å². The van der Waals surface area contributed by atoms with Gasteiger partial charge in [0.15, 0.2) is 0 Å². The molecule has 2 aliphatic heterocycles. The predicted molar refractivity (Wildman–Crippen MR) is 137 cm³/mol. The molecule has 0 N–H and O–H groups in total. The summed E-state index contributed by atoms with van der Waals surface area (Å²) in [4.78, 5) is 41.8. The average molecular weight is 508 g/mol. The molecule has 3 aromatic rings. The lowest BCUT2D eigenvalue weighted by Crippen LogP contribution is -2.37. The number of hydrogen-bond donors (Lipinski definition) is 0. The standard InChI is InChI=1S/C27H26FN3O4S/c28-20-8-10-21(11-9-20)35-15-14-31-26(33)24(36-27(31)34)16-19-17-30(23-7-3-2-6-22(19)23)18-25(32)29-12-4-1-5-13-29/h2-3,6-11,16-17H,1,4-5,12-15,18H2/b24-16-. The number of fused-ring (bicyclic) bond motifs is 1. The number of aromatic nitrogens is 1. The van der Waals surface area contributed by atoms with E-state index in [1.165, 1.54) is 24.3 Å². The molecule has 3 amide bonds. The lowest BCUT2D eigenvalue weighted by atomic mass is 10.1. The van der Waals surface area contributed by atoms with Gasteiger partial charge in [-0.25, -0.2) is 4.39 Å². The summed E-state index contributed by atoms with van der Waals surface area (Å²) >= 11 is 0.888. The molecule has 0 saturated carbocycles. The van der Waals surface area contributed by atoms with Crippen LogP contribution in [0.4, 0.5) is 9.18 Å². The summed E-state index contributed by atoms with van der Waals surface area (Å²) in [6.07, 6.45) is 6.82. The molecule has 0 unspecified atom stereocenters. The van der Waals surface area contributed by atoms with Crippen LogP contribution in [0.15, 0.2) is 59.6 Å². The fourth-order valence-electron chi connectivity index (χ4n) is 4.53. The van der Waals surface area contributed by atoms with Crippen LogP contribution in [-0.2, 0) is 16.1 Å². The number of halogens is 1. The quantitative estimate of drug-likeness (QED) is 0.425. The molecule has 2 aliphatic rings. The van der Waals surface area contributed by atoms with Crippen molar-refractivity contribution in [3.05, 3.63) is 71.0 Å². The molecule has 2 aromatic carbocycles. The van der Waals surface area contributed by atoms with E-state index in [1.54, 1.807) is 6.08 Å². The molecule has 0 bridgehead atoms. The Morgan fingerprint density at radius 2 is 1.78 bits per heavy atom. The third kappa shape index (κ3) is 5.16. The monoisotopic (exact) mass is 507 g/mol. The van der Waals surface area contributed by atoms with Gasteiger partial charge >= 0.3 is 0 Å². The number of imide groups is 1. The van der Waals surface area contributed by atoms with Gasteiger partial charge in [-0.05, 0) is 67.4 Å². The Bertz CT molecular complexity index is 1330. The van der Waals surface area contributed by atoms with Gasteiger partial charge in [-0.3, -0.25) is 19.3 Å². The zero-order chi connectivity index (χ0) is 25.1. The number of hydrogen-bond acceptors (Lipinski definition) is 5. The highest BCUT2D eigenvalue weighted by atomic mass is 32.2. The third-order valence-corrected chi connectivity index (χ3v) is 7.30. The van der Waals surface area contributed by atoms with Crippen LogP contribution in [0.25, 0.3) is 17.0 Å². The fraction of sp³-hybridized carbons (Fsp3) is 0.296. The molecular weight excluding hydrogens is 481 g/mol. The van der Waals surface area contributed by atoms with E-state index in [2.05, 4.69) is 0 Å². The zero-order valence-corrected chi connectivity index (χ0v) is 20.5. The molecule has 5 rings (SSSR count). The van der Waals surface area contributed by atoms with Crippen molar-refractivity contribution in [1.29, 1.82) is 0 Å². The second-order valence-corrected chi connectivity index (χ2v) is 9.80. The summed E-state index contributed by atoms with van der Waals surface area (Å²) in [5.74, 6) is -0.195. The molecular formula is C27H26FN3O4S. The number of piperidine rings is 1. The minimum atomic E-state index is -0.381. The summed E-state index contributed by atoms with van der Waals surface area (Å²) in [6, 6.07) is 13.3. The van der Waals surface area contributed by atoms with Crippen LogP contribution < -0.4 is 4.74 Å². The van der Waals surface area contributed by atoms with Crippen molar-refractivity contribution >= 4 is 45.8 Å². The number of thioether (sulfide) groups is 1. The SMILES string of the molecule is O=C(Cn1cc(/C=C2\SC(=O)N(CCOc3ccc(F)cc3)C2=O)c2ccccc21)N1CCCCC1. The summed E-state index contributed by atoms with van der Waals surface area (Å²) < 4.78 is 20.5. The number of likely N-dealkylation sites (tertiary alicyclic amines) is 1. The molecule has 2 fully saturated rings. The van der Waals surface area contributed by atoms with Gasteiger partial charge in [-0.2, -0.15) is 0 Å². The number of amides is 3. The second kappa shape index (κ2) is 10.6. The number of rotatable bonds is 7. The van der Waals surface area contributed by atoms with E-state index in [9.17, 15) is 18.8 Å². The first-order valence-electron chi connectivity index (χ1n) is 12.0. The van der Waals surface area contributed by atoms with Gasteiger partial charge in [0, 0.05) is 35.8 Å². The van der Waals surface area contributed by atoms with E-state index in [4.69, 9.17) is 4.74 Å². The normalized spacial score (nSPS) is 17.4. The van der Waals surface area contributed by atoms with Crippen LogP contribution in [0.5, 0.6) is 5.75 Å². The lowest BCUT2D eigenvalue weighted by molar-refractivity contribution is -0.132. The molecule has 0 atom stereocenters. The number of carbonyl (C=O) groups is 3. The van der Waals surface area contributed by atoms with Crippen molar-refractivity contribution < 1.29 is 23.5 Å². The summed E-state index contributed by atoms with van der Waals surface area (Å²) in [5.41, 5.74) is 1.69. The van der Waals surface area contributed by atoms with Crippen molar-refractivity contribution in [2.24, 2.45) is 0 Å². The lowest BCUT2D eigenvalue weighted by Gasteiger charge is -2.27.